The third-order valence-electron chi connectivity index (χ3n) is 3.13. The van der Waals surface area contributed by atoms with Gasteiger partial charge < -0.3 is 30.5 Å². The predicted molar refractivity (Wildman–Crippen MR) is 59.7 cm³/mol. The van der Waals surface area contributed by atoms with E-state index in [0.717, 1.165) is 12.2 Å². The van der Waals surface area contributed by atoms with Crippen molar-refractivity contribution in [2.45, 2.75) is 11.3 Å². The number of ketones is 1. The molecule has 1 aliphatic carbocycles. The molecule has 0 aromatic carbocycles. The summed E-state index contributed by atoms with van der Waals surface area (Å²) in [6.07, 6.45) is 1.93. The fourth-order valence-corrected chi connectivity index (χ4v) is 1.90. The molecule has 8 heteroatoms. The van der Waals surface area contributed by atoms with Crippen LogP contribution in [-0.4, -0.2) is 63.3 Å². The van der Waals surface area contributed by atoms with Gasteiger partial charge in [0.1, 0.15) is 5.54 Å². The van der Waals surface area contributed by atoms with E-state index in [4.69, 9.17) is 9.84 Å². The van der Waals surface area contributed by atoms with Gasteiger partial charge in [-0.2, -0.15) is 0 Å². The molecule has 1 fully saturated rings. The van der Waals surface area contributed by atoms with Gasteiger partial charge in [0.2, 0.25) is 5.78 Å². The summed E-state index contributed by atoms with van der Waals surface area (Å²) in [5, 5.41) is 40.2. The van der Waals surface area contributed by atoms with E-state index in [1.54, 1.807) is 0 Å². The number of aliphatic carboxylic acids is 1. The number of carbonyl (C=O) groups is 2. The number of hydrogen-bond donors (Lipinski definition) is 5. The average Bonchev–Trinajstić information content (AvgIpc) is 2.40. The monoisotopic (exact) mass is 271 g/mol. The van der Waals surface area contributed by atoms with Crippen LogP contribution in [0.1, 0.15) is 0 Å². The zero-order valence-corrected chi connectivity index (χ0v) is 9.79. The van der Waals surface area contributed by atoms with Crippen molar-refractivity contribution in [3.63, 3.8) is 0 Å². The SMILES string of the molecule is O=C(O)C1=C2NC(CO)(CO)CO[C@]2(O)C(=O)C=C1. The molecule has 104 valence electrons. The first-order valence-electron chi connectivity index (χ1n) is 5.45. The topological polar surface area (TPSA) is 136 Å². The maximum atomic E-state index is 11.7. The number of aliphatic hydroxyl groups excluding tert-OH is 2. The Balaban J connectivity index is 2.53. The molecule has 0 unspecified atom stereocenters. The molecule has 19 heavy (non-hydrogen) atoms. The second-order valence-electron chi connectivity index (χ2n) is 4.45. The van der Waals surface area contributed by atoms with Crippen molar-refractivity contribution in [3.05, 3.63) is 23.4 Å². The van der Waals surface area contributed by atoms with Crippen LogP contribution >= 0.6 is 0 Å². The van der Waals surface area contributed by atoms with Gasteiger partial charge in [0.15, 0.2) is 0 Å². The van der Waals surface area contributed by atoms with Crippen LogP contribution in [0.2, 0.25) is 0 Å². The molecule has 1 heterocycles. The number of carboxylic acids is 1. The van der Waals surface area contributed by atoms with Crippen molar-refractivity contribution >= 4 is 11.8 Å². The normalized spacial score (nSPS) is 28.9. The van der Waals surface area contributed by atoms with Gasteiger partial charge >= 0.3 is 5.97 Å². The number of morpholine rings is 1. The Morgan fingerprint density at radius 1 is 1.37 bits per heavy atom. The molecular weight excluding hydrogens is 258 g/mol. The molecule has 0 saturated carbocycles. The minimum Gasteiger partial charge on any atom is -0.478 e. The van der Waals surface area contributed by atoms with Gasteiger partial charge in [-0.25, -0.2) is 4.79 Å². The summed E-state index contributed by atoms with van der Waals surface area (Å²) in [5.41, 5.74) is -2.11. The number of aliphatic hydroxyl groups is 3. The van der Waals surface area contributed by atoms with Crippen molar-refractivity contribution in [2.24, 2.45) is 0 Å². The number of carbonyl (C=O) groups excluding carboxylic acids is 1. The first-order chi connectivity index (χ1) is 8.88. The van der Waals surface area contributed by atoms with E-state index in [0.29, 0.717) is 0 Å². The summed E-state index contributed by atoms with van der Waals surface area (Å²) in [6.45, 7) is -1.48. The van der Waals surface area contributed by atoms with Crippen molar-refractivity contribution in [2.75, 3.05) is 19.8 Å². The van der Waals surface area contributed by atoms with Crippen LogP contribution in [0.5, 0.6) is 0 Å². The highest BCUT2D eigenvalue weighted by molar-refractivity contribution is 6.05. The fraction of sp³-hybridized carbons (Fsp3) is 0.455. The Morgan fingerprint density at radius 2 is 2.00 bits per heavy atom. The summed E-state index contributed by atoms with van der Waals surface area (Å²) in [7, 11) is 0. The molecule has 1 saturated heterocycles. The molecule has 0 amide bonds. The van der Waals surface area contributed by atoms with E-state index in [9.17, 15) is 24.9 Å². The Labute approximate surface area is 107 Å². The minimum absolute atomic E-state index is 0.355. The van der Waals surface area contributed by atoms with Gasteiger partial charge in [0, 0.05) is 0 Å². The molecule has 2 aliphatic rings. The van der Waals surface area contributed by atoms with Gasteiger partial charge in [-0.3, -0.25) is 4.79 Å². The minimum atomic E-state index is -2.42. The maximum absolute atomic E-state index is 11.7. The smallest absolute Gasteiger partial charge is 0.337 e. The molecule has 0 radical (unpaired) electrons. The molecule has 1 atom stereocenters. The van der Waals surface area contributed by atoms with E-state index in [-0.39, 0.29) is 17.9 Å². The van der Waals surface area contributed by atoms with Crippen molar-refractivity contribution in [3.8, 4) is 0 Å². The van der Waals surface area contributed by atoms with Crippen LogP contribution in [0.4, 0.5) is 0 Å². The first-order valence-corrected chi connectivity index (χ1v) is 5.45. The Morgan fingerprint density at radius 3 is 2.53 bits per heavy atom. The first kappa shape index (κ1) is 13.7. The molecule has 0 bridgehead atoms. The highest BCUT2D eigenvalue weighted by atomic mass is 16.6. The van der Waals surface area contributed by atoms with E-state index >= 15 is 0 Å². The van der Waals surface area contributed by atoms with Crippen LogP contribution in [0.3, 0.4) is 0 Å². The lowest BCUT2D eigenvalue weighted by Gasteiger charge is -2.45. The third kappa shape index (κ3) is 1.94. The number of carboxylic acid groups (broad SMARTS) is 1. The highest BCUT2D eigenvalue weighted by Crippen LogP contribution is 2.33. The third-order valence-corrected chi connectivity index (χ3v) is 3.13. The summed E-state index contributed by atoms with van der Waals surface area (Å²) >= 11 is 0. The van der Waals surface area contributed by atoms with Gasteiger partial charge in [-0.05, 0) is 12.2 Å². The lowest BCUT2D eigenvalue weighted by Crippen LogP contribution is -2.67. The molecular formula is C11H13NO7. The van der Waals surface area contributed by atoms with Gasteiger partial charge in [-0.1, -0.05) is 0 Å². The Bertz CT molecular complexity index is 491. The number of fused-ring (bicyclic) bond motifs is 1. The zero-order chi connectivity index (χ0) is 14.3. The molecule has 5 N–H and O–H groups in total. The van der Waals surface area contributed by atoms with Crippen molar-refractivity contribution in [1.82, 2.24) is 5.32 Å². The largest absolute Gasteiger partial charge is 0.478 e. The van der Waals surface area contributed by atoms with Crippen LogP contribution < -0.4 is 5.32 Å². The Hall–Kier alpha value is -1.74. The summed E-state index contributed by atoms with van der Waals surface area (Å²) in [5.74, 6) is -4.62. The van der Waals surface area contributed by atoms with E-state index < -0.39 is 36.3 Å². The molecule has 1 aliphatic heterocycles. The molecule has 2 rings (SSSR count). The van der Waals surface area contributed by atoms with Gasteiger partial charge in [0.25, 0.3) is 5.79 Å². The lowest BCUT2D eigenvalue weighted by atomic mass is 9.90. The molecule has 8 nitrogen and oxygen atoms in total. The molecule has 0 aromatic heterocycles. The highest BCUT2D eigenvalue weighted by Gasteiger charge is 2.52. The second kappa shape index (κ2) is 4.42. The predicted octanol–water partition coefficient (Wildman–Crippen LogP) is -2.50. The standard InChI is InChI=1S/C11H13NO7/c13-3-10(4-14)5-19-11(18)7(15)2-1-6(9(16)17)8(11)12-10/h1-2,12-14,18H,3-5H2,(H,16,17)/t11-/m1/s1. The summed E-state index contributed by atoms with van der Waals surface area (Å²) < 4.78 is 5.01. The second-order valence-corrected chi connectivity index (χ2v) is 4.45. The van der Waals surface area contributed by atoms with Gasteiger partial charge in [0.05, 0.1) is 31.1 Å². The average molecular weight is 271 g/mol. The number of hydrogen-bond acceptors (Lipinski definition) is 7. The lowest BCUT2D eigenvalue weighted by molar-refractivity contribution is -0.213. The summed E-state index contributed by atoms with van der Waals surface area (Å²) in [6, 6.07) is 0. The number of rotatable bonds is 3. The quantitative estimate of drug-likeness (QED) is 0.380. The van der Waals surface area contributed by atoms with Crippen molar-refractivity contribution in [1.29, 1.82) is 0 Å². The van der Waals surface area contributed by atoms with Crippen LogP contribution in [0, 0.1) is 0 Å². The van der Waals surface area contributed by atoms with Crippen molar-refractivity contribution < 1.29 is 34.8 Å². The van der Waals surface area contributed by atoms with Crippen LogP contribution in [0.15, 0.2) is 23.4 Å². The number of nitrogens with one attached hydrogen (secondary N) is 1. The van der Waals surface area contributed by atoms with Crippen LogP contribution in [-0.2, 0) is 14.3 Å². The molecule has 0 aromatic rings. The Kier molecular flexibility index (Phi) is 3.19. The van der Waals surface area contributed by atoms with E-state index in [1.165, 1.54) is 0 Å². The van der Waals surface area contributed by atoms with Crippen LogP contribution in [0.25, 0.3) is 0 Å². The van der Waals surface area contributed by atoms with Gasteiger partial charge in [-0.15, -0.1) is 0 Å². The fourth-order valence-electron chi connectivity index (χ4n) is 1.90. The maximum Gasteiger partial charge on any atom is 0.337 e. The molecule has 0 spiro atoms. The summed E-state index contributed by atoms with van der Waals surface area (Å²) in [4.78, 5) is 22.7. The van der Waals surface area contributed by atoms with E-state index in [2.05, 4.69) is 5.32 Å². The van der Waals surface area contributed by atoms with E-state index in [1.807, 2.05) is 0 Å². The number of ether oxygens (including phenoxy) is 1. The zero-order valence-electron chi connectivity index (χ0n) is 9.79.